The second-order valence-electron chi connectivity index (χ2n) is 7.30. The molecule has 0 aliphatic carbocycles. The first kappa shape index (κ1) is 19.3. The second kappa shape index (κ2) is 8.53. The molecule has 4 rings (SSSR count). The highest BCUT2D eigenvalue weighted by Crippen LogP contribution is 2.31. The third-order valence-electron chi connectivity index (χ3n) is 5.31. The minimum absolute atomic E-state index is 0.190. The second-order valence-corrected chi connectivity index (χ2v) is 8.60. The van der Waals surface area contributed by atoms with Gasteiger partial charge in [0.15, 0.2) is 5.16 Å². The molecule has 2 aromatic rings. The molecule has 1 atom stereocenters. The van der Waals surface area contributed by atoms with Crippen LogP contribution in [0, 0.1) is 6.92 Å². The van der Waals surface area contributed by atoms with E-state index in [0.29, 0.717) is 13.2 Å². The van der Waals surface area contributed by atoms with E-state index in [1.54, 1.807) is 0 Å². The van der Waals surface area contributed by atoms with E-state index in [0.717, 1.165) is 61.4 Å². The van der Waals surface area contributed by atoms with Crippen molar-refractivity contribution in [1.29, 1.82) is 0 Å². The summed E-state index contributed by atoms with van der Waals surface area (Å²) in [7, 11) is 0. The molecular formula is C20H27N5O2S. The van der Waals surface area contributed by atoms with E-state index in [1.807, 2.05) is 24.0 Å². The molecule has 1 aromatic carbocycles. The van der Waals surface area contributed by atoms with E-state index in [1.165, 1.54) is 11.8 Å². The van der Waals surface area contributed by atoms with Gasteiger partial charge in [0, 0.05) is 26.2 Å². The number of rotatable bonds is 5. The molecule has 0 N–H and O–H groups in total. The number of benzene rings is 1. The van der Waals surface area contributed by atoms with E-state index in [9.17, 15) is 4.79 Å². The quantitative estimate of drug-likeness (QED) is 0.718. The Kier molecular flexibility index (Phi) is 5.87. The number of anilines is 1. The molecule has 28 heavy (non-hydrogen) atoms. The van der Waals surface area contributed by atoms with Gasteiger partial charge in [-0.3, -0.25) is 9.36 Å². The van der Waals surface area contributed by atoms with Gasteiger partial charge in [0.1, 0.15) is 0 Å². The van der Waals surface area contributed by atoms with Crippen LogP contribution in [0.25, 0.3) is 5.69 Å². The van der Waals surface area contributed by atoms with Gasteiger partial charge in [0.25, 0.3) is 0 Å². The number of aryl methyl sites for hydroxylation is 1. The van der Waals surface area contributed by atoms with Crippen LogP contribution >= 0.6 is 11.8 Å². The number of carbonyl (C=O) groups excluding carboxylic acids is 1. The molecule has 0 saturated carbocycles. The summed E-state index contributed by atoms with van der Waals surface area (Å²) in [6.07, 6.45) is 2.20. The first-order valence-corrected chi connectivity index (χ1v) is 10.8. The van der Waals surface area contributed by atoms with Crippen LogP contribution < -0.4 is 4.90 Å². The Morgan fingerprint density at radius 3 is 2.54 bits per heavy atom. The number of ether oxygens (including phenoxy) is 1. The molecule has 1 amide bonds. The summed E-state index contributed by atoms with van der Waals surface area (Å²) in [4.78, 5) is 17.0. The van der Waals surface area contributed by atoms with Crippen LogP contribution in [-0.2, 0) is 9.53 Å². The lowest BCUT2D eigenvalue weighted by atomic mass is 10.2. The third-order valence-corrected chi connectivity index (χ3v) is 6.34. The van der Waals surface area contributed by atoms with E-state index >= 15 is 0 Å². The van der Waals surface area contributed by atoms with Crippen LogP contribution in [0.1, 0.15) is 25.3 Å². The monoisotopic (exact) mass is 401 g/mol. The third kappa shape index (κ3) is 3.89. The fraction of sp³-hybridized carbons (Fsp3) is 0.550. The highest BCUT2D eigenvalue weighted by Gasteiger charge is 2.28. The molecule has 0 radical (unpaired) electrons. The molecule has 2 aliphatic rings. The molecule has 2 fully saturated rings. The molecule has 3 heterocycles. The van der Waals surface area contributed by atoms with Gasteiger partial charge < -0.3 is 14.5 Å². The summed E-state index contributed by atoms with van der Waals surface area (Å²) in [5.74, 6) is 1.01. The Morgan fingerprint density at radius 1 is 1.11 bits per heavy atom. The van der Waals surface area contributed by atoms with Crippen molar-refractivity contribution in [2.24, 2.45) is 0 Å². The maximum atomic E-state index is 12.8. The minimum Gasteiger partial charge on any atom is -0.378 e. The zero-order chi connectivity index (χ0) is 19.5. The number of aromatic nitrogens is 3. The maximum Gasteiger partial charge on any atom is 0.235 e. The van der Waals surface area contributed by atoms with Crippen LogP contribution in [0.4, 0.5) is 5.95 Å². The normalized spacial score (nSPS) is 18.5. The molecule has 1 unspecified atom stereocenters. The number of amides is 1. The van der Waals surface area contributed by atoms with Gasteiger partial charge in [-0.05, 0) is 38.3 Å². The van der Waals surface area contributed by atoms with Gasteiger partial charge in [-0.15, -0.1) is 10.2 Å². The highest BCUT2D eigenvalue weighted by molar-refractivity contribution is 8.00. The van der Waals surface area contributed by atoms with Crippen LogP contribution in [0.5, 0.6) is 0 Å². The smallest absolute Gasteiger partial charge is 0.235 e. The average molecular weight is 402 g/mol. The molecule has 150 valence electrons. The molecule has 1 aromatic heterocycles. The lowest BCUT2D eigenvalue weighted by Gasteiger charge is -2.28. The van der Waals surface area contributed by atoms with Crippen molar-refractivity contribution < 1.29 is 9.53 Å². The maximum absolute atomic E-state index is 12.8. The number of likely N-dealkylation sites (tertiary alicyclic amines) is 1. The average Bonchev–Trinajstić information content (AvgIpc) is 3.39. The van der Waals surface area contributed by atoms with Crippen LogP contribution in [0.3, 0.4) is 0 Å². The Labute approximate surface area is 170 Å². The molecule has 0 bridgehead atoms. The van der Waals surface area contributed by atoms with Crippen molar-refractivity contribution in [1.82, 2.24) is 19.7 Å². The van der Waals surface area contributed by atoms with Gasteiger partial charge in [0.2, 0.25) is 11.9 Å². The Hall–Kier alpha value is -2.06. The van der Waals surface area contributed by atoms with E-state index < -0.39 is 0 Å². The van der Waals surface area contributed by atoms with Gasteiger partial charge >= 0.3 is 0 Å². The van der Waals surface area contributed by atoms with Crippen molar-refractivity contribution in [2.75, 3.05) is 44.3 Å². The predicted molar refractivity (Wildman–Crippen MR) is 110 cm³/mol. The number of morpholine rings is 1. The van der Waals surface area contributed by atoms with Gasteiger partial charge in [-0.1, -0.05) is 30.0 Å². The summed E-state index contributed by atoms with van der Waals surface area (Å²) >= 11 is 1.49. The number of hydrogen-bond acceptors (Lipinski definition) is 6. The fourth-order valence-corrected chi connectivity index (χ4v) is 4.67. The number of thioether (sulfide) groups is 1. The van der Waals surface area contributed by atoms with E-state index in [2.05, 4.69) is 38.7 Å². The summed E-state index contributed by atoms with van der Waals surface area (Å²) < 4.78 is 7.59. The van der Waals surface area contributed by atoms with Crippen LogP contribution in [-0.4, -0.2) is 70.2 Å². The summed E-state index contributed by atoms with van der Waals surface area (Å²) in [5, 5.41) is 9.55. The van der Waals surface area contributed by atoms with Crippen molar-refractivity contribution in [2.45, 2.75) is 37.1 Å². The van der Waals surface area contributed by atoms with Gasteiger partial charge in [0.05, 0.1) is 24.2 Å². The fourth-order valence-electron chi connectivity index (χ4n) is 3.74. The zero-order valence-electron chi connectivity index (χ0n) is 16.5. The molecule has 0 spiro atoms. The Balaban J connectivity index is 1.65. The lowest BCUT2D eigenvalue weighted by Crippen LogP contribution is -2.38. The lowest BCUT2D eigenvalue weighted by molar-refractivity contribution is -0.129. The molecule has 7 nitrogen and oxygen atoms in total. The first-order chi connectivity index (χ1) is 13.6. The Bertz CT molecular complexity index is 828. The number of hydrogen-bond donors (Lipinski definition) is 0. The summed E-state index contributed by atoms with van der Waals surface area (Å²) in [5.41, 5.74) is 2.20. The first-order valence-electron chi connectivity index (χ1n) is 9.94. The SMILES string of the molecule is Cc1ccccc1-n1c(SC(C)C(=O)N2CCCC2)nnc1N1CCOCC1. The molecule has 2 saturated heterocycles. The molecular weight excluding hydrogens is 374 g/mol. The van der Waals surface area contributed by atoms with Crippen molar-refractivity contribution in [3.63, 3.8) is 0 Å². The van der Waals surface area contributed by atoms with Crippen molar-refractivity contribution in [3.05, 3.63) is 29.8 Å². The summed E-state index contributed by atoms with van der Waals surface area (Å²) in [6, 6.07) is 8.23. The van der Waals surface area contributed by atoms with E-state index in [4.69, 9.17) is 4.74 Å². The predicted octanol–water partition coefficient (Wildman–Crippen LogP) is 2.52. The van der Waals surface area contributed by atoms with Crippen LogP contribution in [0.15, 0.2) is 29.4 Å². The van der Waals surface area contributed by atoms with Gasteiger partial charge in [-0.2, -0.15) is 0 Å². The van der Waals surface area contributed by atoms with Crippen molar-refractivity contribution >= 4 is 23.6 Å². The Morgan fingerprint density at radius 2 is 1.82 bits per heavy atom. The summed E-state index contributed by atoms with van der Waals surface area (Å²) in [6.45, 7) is 8.75. The number of para-hydroxylation sites is 1. The molecule has 8 heteroatoms. The number of nitrogens with zero attached hydrogens (tertiary/aromatic N) is 5. The molecule has 2 aliphatic heterocycles. The van der Waals surface area contributed by atoms with Crippen LogP contribution in [0.2, 0.25) is 0 Å². The van der Waals surface area contributed by atoms with Gasteiger partial charge in [-0.25, -0.2) is 0 Å². The standard InChI is InChI=1S/C20H27N5O2S/c1-15-7-3-4-8-17(15)25-19(24-11-13-27-14-12-24)21-22-20(25)28-16(2)18(26)23-9-5-6-10-23/h3-4,7-8,16H,5-6,9-14H2,1-2H3. The minimum atomic E-state index is -0.192. The van der Waals surface area contributed by atoms with Crippen molar-refractivity contribution in [3.8, 4) is 5.69 Å². The topological polar surface area (TPSA) is 63.5 Å². The van der Waals surface area contributed by atoms with E-state index in [-0.39, 0.29) is 11.2 Å². The largest absolute Gasteiger partial charge is 0.378 e. The highest BCUT2D eigenvalue weighted by atomic mass is 32.2. The number of carbonyl (C=O) groups is 1. The zero-order valence-corrected chi connectivity index (χ0v) is 17.3.